The number of nitrogen functional groups attached to an aromatic ring is 1. The van der Waals surface area contributed by atoms with Crippen molar-refractivity contribution in [1.29, 1.82) is 0 Å². The summed E-state index contributed by atoms with van der Waals surface area (Å²) in [5.41, 5.74) is 7.55. The van der Waals surface area contributed by atoms with Crippen LogP contribution in [0.1, 0.15) is 38.8 Å². The number of nitrogens with one attached hydrogen (secondary N) is 1. The number of nitrogens with two attached hydrogens (primary N) is 1. The molecule has 0 aliphatic carbocycles. The Morgan fingerprint density at radius 1 is 1.12 bits per heavy atom. The maximum atomic E-state index is 12.3. The Bertz CT molecular complexity index is 997. The maximum absolute atomic E-state index is 12.3. The first kappa shape index (κ1) is 24.5. The number of alkyl carbamates (subject to hydrolysis) is 1. The Labute approximate surface area is 199 Å². The van der Waals surface area contributed by atoms with Crippen LogP contribution in [-0.2, 0) is 20.7 Å². The molecule has 1 fully saturated rings. The van der Waals surface area contributed by atoms with Gasteiger partial charge in [0.2, 0.25) is 0 Å². The van der Waals surface area contributed by atoms with Gasteiger partial charge in [0.05, 0.1) is 21.9 Å². The number of hydrogen-bond donors (Lipinski definition) is 2. The highest BCUT2D eigenvalue weighted by Crippen LogP contribution is 2.39. The normalized spacial score (nSPS) is 17.3. The summed E-state index contributed by atoms with van der Waals surface area (Å²) in [4.78, 5) is 12.3. The zero-order valence-electron chi connectivity index (χ0n) is 18.6. The molecule has 0 atom stereocenters. The zero-order chi connectivity index (χ0) is 23.5. The van der Waals surface area contributed by atoms with E-state index in [1.54, 1.807) is 18.2 Å². The third-order valence-corrected chi connectivity index (χ3v) is 6.20. The number of carbonyl (C=O) groups is 1. The molecule has 1 amide bonds. The number of amides is 1. The van der Waals surface area contributed by atoms with Gasteiger partial charge >= 0.3 is 13.2 Å². The molecule has 0 unspecified atom stereocenters. The average molecular weight is 477 g/mol. The molecule has 2 aromatic rings. The van der Waals surface area contributed by atoms with Gasteiger partial charge in [-0.15, -0.1) is 0 Å². The Morgan fingerprint density at radius 2 is 1.75 bits per heavy atom. The fourth-order valence-electron chi connectivity index (χ4n) is 3.07. The molecule has 1 heterocycles. The highest BCUT2D eigenvalue weighted by molar-refractivity contribution is 6.56. The van der Waals surface area contributed by atoms with Crippen LogP contribution in [0, 0.1) is 0 Å². The minimum absolute atomic E-state index is 0.119. The Morgan fingerprint density at radius 3 is 2.38 bits per heavy atom. The largest absolute Gasteiger partial charge is 0.492 e. The second-order valence-corrected chi connectivity index (χ2v) is 9.46. The average Bonchev–Trinajstić information content (AvgIpc) is 2.94. The van der Waals surface area contributed by atoms with E-state index in [-0.39, 0.29) is 13.2 Å². The molecule has 0 aromatic heterocycles. The van der Waals surface area contributed by atoms with E-state index in [1.165, 1.54) is 0 Å². The molecular weight excluding hydrogens is 450 g/mol. The molecule has 0 bridgehead atoms. The first-order chi connectivity index (χ1) is 15.0. The van der Waals surface area contributed by atoms with Gasteiger partial charge in [-0.1, -0.05) is 59.6 Å². The van der Waals surface area contributed by atoms with Gasteiger partial charge in [-0.3, -0.25) is 0 Å². The number of benzene rings is 2. The molecule has 0 saturated carbocycles. The molecule has 0 spiro atoms. The molecule has 9 heteroatoms. The number of carbonyl (C=O) groups excluding carboxylic acids is 1. The topological polar surface area (TPSA) is 82.8 Å². The Balaban J connectivity index is 1.79. The third-order valence-electron chi connectivity index (χ3n) is 5.67. The third kappa shape index (κ3) is 5.78. The summed E-state index contributed by atoms with van der Waals surface area (Å²) >= 11 is 12.4. The second kappa shape index (κ2) is 9.75. The smallest absolute Gasteiger partial charge is 0.445 e. The molecule has 6 nitrogen and oxygen atoms in total. The molecule has 3 N–H and O–H groups in total. The van der Waals surface area contributed by atoms with E-state index in [9.17, 15) is 4.79 Å². The Hall–Kier alpha value is -2.19. The fraction of sp³-hybridized carbons (Fsp3) is 0.348. The predicted molar refractivity (Wildman–Crippen MR) is 130 cm³/mol. The number of ether oxygens (including phenoxy) is 1. The highest BCUT2D eigenvalue weighted by atomic mass is 35.5. The van der Waals surface area contributed by atoms with E-state index in [4.69, 9.17) is 43.0 Å². The van der Waals surface area contributed by atoms with E-state index in [1.807, 2.05) is 58.0 Å². The zero-order valence-corrected chi connectivity index (χ0v) is 20.1. The van der Waals surface area contributed by atoms with E-state index < -0.39 is 24.4 Å². The van der Waals surface area contributed by atoms with E-state index in [0.717, 1.165) is 5.56 Å². The van der Waals surface area contributed by atoms with Crippen molar-refractivity contribution < 1.29 is 18.8 Å². The van der Waals surface area contributed by atoms with Crippen LogP contribution < -0.4 is 11.1 Å². The van der Waals surface area contributed by atoms with Crippen LogP contribution in [0.15, 0.2) is 47.9 Å². The van der Waals surface area contributed by atoms with Crippen molar-refractivity contribution in [2.75, 3.05) is 12.3 Å². The minimum Gasteiger partial charge on any atom is -0.445 e. The van der Waals surface area contributed by atoms with E-state index in [0.29, 0.717) is 26.8 Å². The van der Waals surface area contributed by atoms with Crippen LogP contribution in [0.2, 0.25) is 10.0 Å². The van der Waals surface area contributed by atoms with Gasteiger partial charge in [0, 0.05) is 11.6 Å². The highest BCUT2D eigenvalue weighted by Gasteiger charge is 2.52. The van der Waals surface area contributed by atoms with Crippen LogP contribution >= 0.6 is 23.2 Å². The van der Waals surface area contributed by atoms with Crippen LogP contribution in [0.5, 0.6) is 0 Å². The quantitative estimate of drug-likeness (QED) is 0.423. The van der Waals surface area contributed by atoms with Crippen molar-refractivity contribution in [3.8, 4) is 0 Å². The molecule has 1 saturated heterocycles. The van der Waals surface area contributed by atoms with E-state index in [2.05, 4.69) is 5.32 Å². The van der Waals surface area contributed by atoms with Crippen molar-refractivity contribution in [3.05, 3.63) is 69.1 Å². The lowest BCUT2D eigenvalue weighted by Gasteiger charge is -2.32. The van der Waals surface area contributed by atoms with E-state index >= 15 is 0 Å². The number of anilines is 1. The van der Waals surface area contributed by atoms with Crippen molar-refractivity contribution in [2.45, 2.75) is 45.5 Å². The van der Waals surface area contributed by atoms with Crippen molar-refractivity contribution in [1.82, 2.24) is 5.32 Å². The van der Waals surface area contributed by atoms with Gasteiger partial charge in [0.25, 0.3) is 0 Å². The summed E-state index contributed by atoms with van der Waals surface area (Å²) in [6, 6.07) is 12.7. The number of hydrogen-bond acceptors (Lipinski definition) is 5. The van der Waals surface area contributed by atoms with Gasteiger partial charge in [-0.2, -0.15) is 0 Å². The predicted octanol–water partition coefficient (Wildman–Crippen LogP) is 5.52. The minimum atomic E-state index is -0.702. The molecule has 3 rings (SSSR count). The molecule has 2 aromatic carbocycles. The lowest BCUT2D eigenvalue weighted by Crippen LogP contribution is -2.41. The van der Waals surface area contributed by atoms with Crippen LogP contribution in [0.3, 0.4) is 0 Å². The van der Waals surface area contributed by atoms with Gasteiger partial charge in [-0.05, 0) is 56.4 Å². The summed E-state index contributed by atoms with van der Waals surface area (Å²) in [5, 5.41) is 3.54. The maximum Gasteiger partial charge on any atom is 0.492 e. The lowest BCUT2D eigenvalue weighted by molar-refractivity contribution is 0.00578. The monoisotopic (exact) mass is 476 g/mol. The van der Waals surface area contributed by atoms with Crippen LogP contribution in [0.4, 0.5) is 10.5 Å². The number of halogens is 2. The van der Waals surface area contributed by atoms with Crippen LogP contribution in [-0.4, -0.2) is 31.0 Å². The fourth-order valence-corrected chi connectivity index (χ4v) is 3.58. The molecule has 0 radical (unpaired) electrons. The van der Waals surface area contributed by atoms with Gasteiger partial charge < -0.3 is 25.1 Å². The summed E-state index contributed by atoms with van der Waals surface area (Å²) < 4.78 is 17.7. The SMILES string of the molecule is CC1(C)OB(C(=Cc2cc(Cl)cc(Cl)c2N)CNC(=O)OCc2ccccc2)OC1(C)C. The van der Waals surface area contributed by atoms with Crippen LogP contribution in [0.25, 0.3) is 6.08 Å². The standard InChI is InChI=1S/C23H27BCl2N2O4/c1-22(2)23(3,4)32-24(31-22)17(10-16-11-18(25)12-19(26)20(16)27)13-28-21(29)30-14-15-8-6-5-7-9-15/h5-12H,13-14,27H2,1-4H3,(H,28,29). The van der Waals surface area contributed by atoms with Gasteiger partial charge in [0.1, 0.15) is 6.61 Å². The summed E-state index contributed by atoms with van der Waals surface area (Å²) in [6.07, 6.45) is 1.21. The second-order valence-electron chi connectivity index (χ2n) is 8.61. The Kier molecular flexibility index (Phi) is 7.45. The molecule has 1 aliphatic rings. The van der Waals surface area contributed by atoms with Gasteiger partial charge in [-0.25, -0.2) is 4.79 Å². The molecule has 1 aliphatic heterocycles. The molecule has 170 valence electrons. The van der Waals surface area contributed by atoms with Crippen molar-refractivity contribution in [3.63, 3.8) is 0 Å². The first-order valence-electron chi connectivity index (χ1n) is 10.2. The summed E-state index contributed by atoms with van der Waals surface area (Å²) in [7, 11) is -0.702. The number of rotatable bonds is 6. The van der Waals surface area contributed by atoms with Crippen molar-refractivity contribution in [2.24, 2.45) is 0 Å². The van der Waals surface area contributed by atoms with Crippen molar-refractivity contribution >= 4 is 48.2 Å². The summed E-state index contributed by atoms with van der Waals surface area (Å²) in [5.74, 6) is 0. The first-order valence-corrected chi connectivity index (χ1v) is 11.0. The van der Waals surface area contributed by atoms with Gasteiger partial charge in [0.15, 0.2) is 0 Å². The molecular formula is C23H27BCl2N2O4. The molecule has 32 heavy (non-hydrogen) atoms. The lowest BCUT2D eigenvalue weighted by atomic mass is 9.77. The summed E-state index contributed by atoms with van der Waals surface area (Å²) in [6.45, 7) is 8.11.